The molecule has 5 nitrogen and oxygen atoms in total. The van der Waals surface area contributed by atoms with E-state index in [9.17, 15) is 8.42 Å². The summed E-state index contributed by atoms with van der Waals surface area (Å²) in [4.78, 5) is 0.302. The molecule has 1 heterocycles. The molecule has 1 aliphatic rings. The molecule has 2 rings (SSSR count). The summed E-state index contributed by atoms with van der Waals surface area (Å²) in [6.07, 6.45) is -0.202. The molecule has 2 N–H and O–H groups in total. The number of hydrogen-bond donors (Lipinski definition) is 1. The van der Waals surface area contributed by atoms with Gasteiger partial charge in [-0.2, -0.15) is 4.31 Å². The fourth-order valence-electron chi connectivity index (χ4n) is 2.59. The number of anilines is 1. The topological polar surface area (TPSA) is 72.6 Å². The number of nitrogens with zero attached hydrogens (tertiary/aromatic N) is 1. The molecular formula is C14H22N2O3S. The van der Waals surface area contributed by atoms with Crippen molar-refractivity contribution in [3.8, 4) is 0 Å². The van der Waals surface area contributed by atoms with Crippen LogP contribution in [0.15, 0.2) is 17.0 Å². The van der Waals surface area contributed by atoms with E-state index in [0.717, 1.165) is 5.56 Å². The lowest BCUT2D eigenvalue weighted by Crippen LogP contribution is -2.48. The van der Waals surface area contributed by atoms with E-state index in [1.54, 1.807) is 19.1 Å². The molecule has 1 fully saturated rings. The SMILES string of the molecule is Cc1cc(N)c(C)c(S(=O)(=O)N2C[C@@H](C)O[C@@H](C)C2)c1. The molecule has 1 saturated heterocycles. The van der Waals surface area contributed by atoms with Crippen LogP contribution in [-0.4, -0.2) is 38.0 Å². The van der Waals surface area contributed by atoms with Crippen molar-refractivity contribution in [1.29, 1.82) is 0 Å². The van der Waals surface area contributed by atoms with Crippen LogP contribution in [0, 0.1) is 13.8 Å². The lowest BCUT2D eigenvalue weighted by molar-refractivity contribution is -0.0440. The summed E-state index contributed by atoms with van der Waals surface area (Å²) in [7, 11) is -3.53. The zero-order valence-corrected chi connectivity index (χ0v) is 13.2. The van der Waals surface area contributed by atoms with E-state index < -0.39 is 10.0 Å². The predicted molar refractivity (Wildman–Crippen MR) is 79.1 cm³/mol. The highest BCUT2D eigenvalue weighted by Gasteiger charge is 2.33. The highest BCUT2D eigenvalue weighted by atomic mass is 32.2. The van der Waals surface area contributed by atoms with Gasteiger partial charge in [-0.15, -0.1) is 0 Å². The first-order valence-corrected chi connectivity index (χ1v) is 8.18. The number of benzene rings is 1. The van der Waals surface area contributed by atoms with Crippen molar-refractivity contribution >= 4 is 15.7 Å². The van der Waals surface area contributed by atoms with Gasteiger partial charge < -0.3 is 10.5 Å². The molecule has 2 atom stereocenters. The third-order valence-corrected chi connectivity index (χ3v) is 5.51. The van der Waals surface area contributed by atoms with Gasteiger partial charge in [0.2, 0.25) is 10.0 Å². The minimum Gasteiger partial charge on any atom is -0.398 e. The van der Waals surface area contributed by atoms with Crippen LogP contribution in [0.3, 0.4) is 0 Å². The molecule has 0 aromatic heterocycles. The molecule has 0 spiro atoms. The number of aryl methyl sites for hydroxylation is 1. The summed E-state index contributed by atoms with van der Waals surface area (Å²) >= 11 is 0. The van der Waals surface area contributed by atoms with Gasteiger partial charge in [0, 0.05) is 18.8 Å². The van der Waals surface area contributed by atoms with E-state index >= 15 is 0 Å². The molecular weight excluding hydrogens is 276 g/mol. The number of nitrogen functional groups attached to an aromatic ring is 1. The van der Waals surface area contributed by atoms with Crippen LogP contribution in [0.5, 0.6) is 0 Å². The molecule has 0 amide bonds. The van der Waals surface area contributed by atoms with Crippen LogP contribution in [0.2, 0.25) is 0 Å². The lowest BCUT2D eigenvalue weighted by atomic mass is 10.1. The highest BCUT2D eigenvalue weighted by molar-refractivity contribution is 7.89. The van der Waals surface area contributed by atoms with Crippen LogP contribution in [-0.2, 0) is 14.8 Å². The maximum Gasteiger partial charge on any atom is 0.243 e. The maximum atomic E-state index is 12.8. The Hall–Kier alpha value is -1.11. The smallest absolute Gasteiger partial charge is 0.243 e. The Bertz CT molecular complexity index is 603. The first-order chi connectivity index (χ1) is 9.21. The van der Waals surface area contributed by atoms with E-state index in [1.165, 1.54) is 4.31 Å². The van der Waals surface area contributed by atoms with Crippen molar-refractivity contribution in [3.63, 3.8) is 0 Å². The number of hydrogen-bond acceptors (Lipinski definition) is 4. The van der Waals surface area contributed by atoms with Crippen molar-refractivity contribution in [1.82, 2.24) is 4.31 Å². The van der Waals surface area contributed by atoms with Crippen LogP contribution in [0.4, 0.5) is 5.69 Å². The minimum atomic E-state index is -3.53. The van der Waals surface area contributed by atoms with Crippen LogP contribution in [0.1, 0.15) is 25.0 Å². The molecule has 0 radical (unpaired) electrons. The summed E-state index contributed by atoms with van der Waals surface area (Å²) in [5.41, 5.74) is 7.87. The van der Waals surface area contributed by atoms with Crippen molar-refractivity contribution in [2.45, 2.75) is 44.8 Å². The molecule has 112 valence electrons. The van der Waals surface area contributed by atoms with Gasteiger partial charge in [0.25, 0.3) is 0 Å². The Kier molecular flexibility index (Phi) is 4.09. The third-order valence-electron chi connectivity index (χ3n) is 3.55. The number of rotatable bonds is 2. The molecule has 1 aromatic carbocycles. The zero-order valence-electron chi connectivity index (χ0n) is 12.4. The summed E-state index contributed by atoms with van der Waals surface area (Å²) < 4.78 is 32.7. The van der Waals surface area contributed by atoms with Gasteiger partial charge in [-0.3, -0.25) is 0 Å². The molecule has 0 saturated carbocycles. The molecule has 0 bridgehead atoms. The van der Waals surface area contributed by atoms with Gasteiger partial charge in [-0.05, 0) is 51.0 Å². The monoisotopic (exact) mass is 298 g/mol. The van der Waals surface area contributed by atoms with Crippen LogP contribution < -0.4 is 5.73 Å². The number of sulfonamides is 1. The van der Waals surface area contributed by atoms with Gasteiger partial charge in [-0.25, -0.2) is 8.42 Å². The summed E-state index contributed by atoms with van der Waals surface area (Å²) in [6, 6.07) is 3.48. The van der Waals surface area contributed by atoms with E-state index in [0.29, 0.717) is 29.2 Å². The van der Waals surface area contributed by atoms with Gasteiger partial charge in [0.15, 0.2) is 0 Å². The Labute approximate surface area is 120 Å². The Morgan fingerprint density at radius 3 is 2.30 bits per heavy atom. The average molecular weight is 298 g/mol. The molecule has 0 unspecified atom stereocenters. The van der Waals surface area contributed by atoms with E-state index in [1.807, 2.05) is 20.8 Å². The van der Waals surface area contributed by atoms with E-state index in [2.05, 4.69) is 0 Å². The number of morpholine rings is 1. The fourth-order valence-corrected chi connectivity index (χ4v) is 4.52. The predicted octanol–water partition coefficient (Wildman–Crippen LogP) is 1.68. The highest BCUT2D eigenvalue weighted by Crippen LogP contribution is 2.27. The summed E-state index contributed by atoms with van der Waals surface area (Å²) in [5, 5.41) is 0. The molecule has 6 heteroatoms. The molecule has 1 aliphatic heterocycles. The first-order valence-electron chi connectivity index (χ1n) is 6.74. The van der Waals surface area contributed by atoms with E-state index in [4.69, 9.17) is 10.5 Å². The normalized spacial score (nSPS) is 24.8. The minimum absolute atomic E-state index is 0.101. The summed E-state index contributed by atoms with van der Waals surface area (Å²) in [5.74, 6) is 0. The molecule has 1 aromatic rings. The van der Waals surface area contributed by atoms with Crippen molar-refractivity contribution < 1.29 is 13.2 Å². The van der Waals surface area contributed by atoms with Crippen LogP contribution in [0.25, 0.3) is 0 Å². The van der Waals surface area contributed by atoms with Gasteiger partial charge in [0.05, 0.1) is 17.1 Å². The lowest BCUT2D eigenvalue weighted by Gasteiger charge is -2.34. The number of ether oxygens (including phenoxy) is 1. The number of nitrogens with two attached hydrogens (primary N) is 1. The van der Waals surface area contributed by atoms with E-state index in [-0.39, 0.29) is 12.2 Å². The first kappa shape index (κ1) is 15.3. The van der Waals surface area contributed by atoms with Gasteiger partial charge >= 0.3 is 0 Å². The second kappa shape index (κ2) is 5.35. The largest absolute Gasteiger partial charge is 0.398 e. The van der Waals surface area contributed by atoms with Gasteiger partial charge in [-0.1, -0.05) is 0 Å². The zero-order chi connectivity index (χ0) is 15.1. The van der Waals surface area contributed by atoms with Crippen molar-refractivity contribution in [3.05, 3.63) is 23.3 Å². The maximum absolute atomic E-state index is 12.8. The second-order valence-electron chi connectivity index (χ2n) is 5.56. The van der Waals surface area contributed by atoms with Crippen molar-refractivity contribution in [2.75, 3.05) is 18.8 Å². The molecule has 20 heavy (non-hydrogen) atoms. The standard InChI is InChI=1S/C14H22N2O3S/c1-9-5-13(15)12(4)14(6-9)20(17,18)16-7-10(2)19-11(3)8-16/h5-6,10-11H,7-8,15H2,1-4H3/t10-,11+. The quantitative estimate of drug-likeness (QED) is 0.843. The van der Waals surface area contributed by atoms with Crippen LogP contribution >= 0.6 is 0 Å². The molecule has 0 aliphatic carbocycles. The average Bonchev–Trinajstić information content (AvgIpc) is 2.32. The summed E-state index contributed by atoms with van der Waals surface area (Å²) in [6.45, 7) is 8.11. The van der Waals surface area contributed by atoms with Crippen molar-refractivity contribution in [2.24, 2.45) is 0 Å². The second-order valence-corrected chi connectivity index (χ2v) is 7.46. The van der Waals surface area contributed by atoms with Gasteiger partial charge in [0.1, 0.15) is 0 Å². The Morgan fingerprint density at radius 2 is 1.75 bits per heavy atom. The Morgan fingerprint density at radius 1 is 1.20 bits per heavy atom. The Balaban J connectivity index is 2.45. The third kappa shape index (κ3) is 2.82. The fraction of sp³-hybridized carbons (Fsp3) is 0.571.